The van der Waals surface area contributed by atoms with E-state index in [4.69, 9.17) is 0 Å². The van der Waals surface area contributed by atoms with Gasteiger partial charge >= 0.3 is 0 Å². The highest BCUT2D eigenvalue weighted by Gasteiger charge is 2.13. The molecular weight excluding hydrogens is 199 g/mol. The van der Waals surface area contributed by atoms with Crippen LogP contribution in [0.25, 0.3) is 0 Å². The molecule has 0 aliphatic rings. The molecule has 1 rings (SSSR count). The normalized spacial score (nSPS) is 9.67. The lowest BCUT2D eigenvalue weighted by atomic mass is 10.2. The van der Waals surface area contributed by atoms with Gasteiger partial charge in [-0.2, -0.15) is 0 Å². The second kappa shape index (κ2) is 5.09. The van der Waals surface area contributed by atoms with E-state index in [0.29, 0.717) is 13.0 Å². The number of benzene rings is 1. The van der Waals surface area contributed by atoms with E-state index >= 15 is 0 Å². The van der Waals surface area contributed by atoms with Crippen LogP contribution in [0.1, 0.15) is 6.42 Å². The van der Waals surface area contributed by atoms with Gasteiger partial charge in [-0.05, 0) is 12.5 Å². The molecule has 0 unspecified atom stereocenters. The molecule has 15 heavy (non-hydrogen) atoms. The minimum atomic E-state index is -0.546. The predicted molar refractivity (Wildman–Crippen MR) is 56.4 cm³/mol. The molecule has 0 fully saturated rings. The van der Waals surface area contributed by atoms with E-state index in [1.165, 1.54) is 0 Å². The Hall–Kier alpha value is -1.91. The summed E-state index contributed by atoms with van der Waals surface area (Å²) in [5.41, 5.74) is 0.0716. The zero-order chi connectivity index (χ0) is 11.3. The van der Waals surface area contributed by atoms with Gasteiger partial charge in [-0.15, -0.1) is 6.58 Å². The van der Waals surface area contributed by atoms with Gasteiger partial charge in [0, 0.05) is 18.7 Å². The fourth-order valence-electron chi connectivity index (χ4n) is 1.12. The molecule has 0 saturated carbocycles. The van der Waals surface area contributed by atoms with Crippen molar-refractivity contribution in [2.24, 2.45) is 0 Å². The van der Waals surface area contributed by atoms with Crippen molar-refractivity contribution in [1.29, 1.82) is 0 Å². The van der Waals surface area contributed by atoms with Crippen LogP contribution in [0.5, 0.6) is 0 Å². The Morgan fingerprint density at radius 3 is 2.93 bits per heavy atom. The number of halogens is 1. The first kappa shape index (κ1) is 11.2. The highest BCUT2D eigenvalue weighted by atomic mass is 19.1. The predicted octanol–water partition coefficient (Wildman–Crippen LogP) is 2.72. The van der Waals surface area contributed by atoms with E-state index in [9.17, 15) is 14.5 Å². The Labute approximate surface area is 86.6 Å². The molecule has 0 atom stereocenters. The van der Waals surface area contributed by atoms with Gasteiger partial charge in [0.15, 0.2) is 0 Å². The van der Waals surface area contributed by atoms with Gasteiger partial charge in [-0.1, -0.05) is 6.08 Å². The molecule has 0 aliphatic heterocycles. The summed E-state index contributed by atoms with van der Waals surface area (Å²) in [7, 11) is 0. The minimum Gasteiger partial charge on any atom is -0.379 e. The van der Waals surface area contributed by atoms with E-state index in [2.05, 4.69) is 11.9 Å². The van der Waals surface area contributed by atoms with E-state index < -0.39 is 10.7 Å². The molecule has 1 aromatic rings. The van der Waals surface area contributed by atoms with E-state index in [1.54, 1.807) is 6.08 Å². The molecule has 0 radical (unpaired) electrons. The summed E-state index contributed by atoms with van der Waals surface area (Å²) in [5, 5.41) is 13.4. The average Bonchev–Trinajstić information content (AvgIpc) is 2.18. The lowest BCUT2D eigenvalue weighted by Crippen LogP contribution is -2.03. The maximum Gasteiger partial charge on any atom is 0.292 e. The summed E-state index contributed by atoms with van der Waals surface area (Å²) < 4.78 is 12.8. The molecule has 0 bridgehead atoms. The molecule has 0 heterocycles. The fourth-order valence-corrected chi connectivity index (χ4v) is 1.12. The van der Waals surface area contributed by atoms with Crippen molar-refractivity contribution >= 4 is 11.4 Å². The molecule has 0 spiro atoms. The Morgan fingerprint density at radius 1 is 1.60 bits per heavy atom. The van der Waals surface area contributed by atoms with Crippen molar-refractivity contribution < 1.29 is 9.31 Å². The Balaban J connectivity index is 2.86. The second-order valence-electron chi connectivity index (χ2n) is 2.92. The Bertz CT molecular complexity index is 380. The Morgan fingerprint density at radius 2 is 2.33 bits per heavy atom. The van der Waals surface area contributed by atoms with Crippen LogP contribution in [0.3, 0.4) is 0 Å². The molecule has 0 amide bonds. The van der Waals surface area contributed by atoms with Crippen molar-refractivity contribution in [3.63, 3.8) is 0 Å². The van der Waals surface area contributed by atoms with Gasteiger partial charge in [0.25, 0.3) is 5.69 Å². The first-order valence-electron chi connectivity index (χ1n) is 4.44. The van der Waals surface area contributed by atoms with E-state index in [1.807, 2.05) is 0 Å². The maximum absolute atomic E-state index is 12.8. The Kier molecular flexibility index (Phi) is 3.79. The number of nitro groups is 1. The molecule has 0 saturated heterocycles. The van der Waals surface area contributed by atoms with Crippen LogP contribution in [0.2, 0.25) is 0 Å². The topological polar surface area (TPSA) is 55.2 Å². The molecule has 1 aromatic carbocycles. The number of anilines is 1. The van der Waals surface area contributed by atoms with Gasteiger partial charge in [0.2, 0.25) is 0 Å². The fraction of sp³-hybridized carbons (Fsp3) is 0.200. The van der Waals surface area contributed by atoms with Gasteiger partial charge in [0.1, 0.15) is 11.5 Å². The minimum absolute atomic E-state index is 0.125. The van der Waals surface area contributed by atoms with Crippen molar-refractivity contribution in [2.75, 3.05) is 11.9 Å². The highest BCUT2D eigenvalue weighted by Crippen LogP contribution is 2.24. The quantitative estimate of drug-likeness (QED) is 0.352. The lowest BCUT2D eigenvalue weighted by Gasteiger charge is -2.05. The molecule has 5 heteroatoms. The zero-order valence-corrected chi connectivity index (χ0v) is 8.07. The standard InChI is InChI=1S/C10H11FN2O2/c1-2-3-6-12-9-7-8(11)4-5-10(9)13(14)15/h2,4-5,7,12H,1,3,6H2. The van der Waals surface area contributed by atoms with Crippen LogP contribution in [0.4, 0.5) is 15.8 Å². The molecule has 1 N–H and O–H groups in total. The van der Waals surface area contributed by atoms with Gasteiger partial charge in [0.05, 0.1) is 4.92 Å². The first-order chi connectivity index (χ1) is 7.15. The summed E-state index contributed by atoms with van der Waals surface area (Å²) in [6, 6.07) is 3.32. The number of rotatable bonds is 5. The van der Waals surface area contributed by atoms with E-state index in [-0.39, 0.29) is 11.4 Å². The summed E-state index contributed by atoms with van der Waals surface area (Å²) in [5.74, 6) is -0.498. The number of hydrogen-bond acceptors (Lipinski definition) is 3. The largest absolute Gasteiger partial charge is 0.379 e. The van der Waals surface area contributed by atoms with Gasteiger partial charge in [-0.3, -0.25) is 10.1 Å². The number of nitro benzene ring substituents is 1. The van der Waals surface area contributed by atoms with E-state index in [0.717, 1.165) is 18.2 Å². The van der Waals surface area contributed by atoms with Crippen LogP contribution in [0, 0.1) is 15.9 Å². The third-order valence-electron chi connectivity index (χ3n) is 1.82. The molecule has 4 nitrogen and oxygen atoms in total. The van der Waals surface area contributed by atoms with Crippen LogP contribution < -0.4 is 5.32 Å². The second-order valence-corrected chi connectivity index (χ2v) is 2.92. The number of hydrogen-bond donors (Lipinski definition) is 1. The monoisotopic (exact) mass is 210 g/mol. The van der Waals surface area contributed by atoms with Gasteiger partial charge < -0.3 is 5.32 Å². The van der Waals surface area contributed by atoms with Crippen molar-refractivity contribution in [3.05, 3.63) is 46.8 Å². The van der Waals surface area contributed by atoms with Gasteiger partial charge in [-0.25, -0.2) is 4.39 Å². The number of nitrogens with one attached hydrogen (secondary N) is 1. The zero-order valence-electron chi connectivity index (χ0n) is 8.07. The van der Waals surface area contributed by atoms with Crippen LogP contribution in [-0.2, 0) is 0 Å². The summed E-state index contributed by atoms with van der Waals surface area (Å²) in [6.45, 7) is 4.01. The number of nitrogens with zero attached hydrogens (tertiary/aromatic N) is 1. The molecular formula is C10H11FN2O2. The smallest absolute Gasteiger partial charge is 0.292 e. The molecule has 0 aliphatic carbocycles. The van der Waals surface area contributed by atoms with Crippen molar-refractivity contribution in [2.45, 2.75) is 6.42 Å². The van der Waals surface area contributed by atoms with Crippen LogP contribution in [-0.4, -0.2) is 11.5 Å². The molecule has 0 aromatic heterocycles. The lowest BCUT2D eigenvalue weighted by molar-refractivity contribution is -0.384. The van der Waals surface area contributed by atoms with Crippen LogP contribution in [0.15, 0.2) is 30.9 Å². The van der Waals surface area contributed by atoms with Crippen molar-refractivity contribution in [1.82, 2.24) is 0 Å². The third-order valence-corrected chi connectivity index (χ3v) is 1.82. The van der Waals surface area contributed by atoms with Crippen molar-refractivity contribution in [3.8, 4) is 0 Å². The third kappa shape index (κ3) is 3.05. The summed E-state index contributed by atoms with van der Waals surface area (Å²) in [6.07, 6.45) is 2.34. The highest BCUT2D eigenvalue weighted by molar-refractivity contribution is 5.61. The van der Waals surface area contributed by atoms with Crippen LogP contribution >= 0.6 is 0 Å². The molecule has 80 valence electrons. The average molecular weight is 210 g/mol. The SMILES string of the molecule is C=CCCNc1cc(F)ccc1[N+](=O)[O-]. The summed E-state index contributed by atoms with van der Waals surface area (Å²) >= 11 is 0. The first-order valence-corrected chi connectivity index (χ1v) is 4.44. The summed E-state index contributed by atoms with van der Waals surface area (Å²) in [4.78, 5) is 10.0. The maximum atomic E-state index is 12.8.